The summed E-state index contributed by atoms with van der Waals surface area (Å²) >= 11 is 12.1. The normalized spacial score (nSPS) is 12.7. The van der Waals surface area contributed by atoms with Gasteiger partial charge in [-0.1, -0.05) is 23.2 Å². The van der Waals surface area contributed by atoms with Crippen LogP contribution in [0.1, 0.15) is 12.6 Å². The lowest BCUT2D eigenvalue weighted by Crippen LogP contribution is -2.22. The molecule has 2 aromatic rings. The molecule has 12 heteroatoms. The smallest absolute Gasteiger partial charge is 0.433 e. The van der Waals surface area contributed by atoms with Gasteiger partial charge in [0.25, 0.3) is 0 Å². The Labute approximate surface area is 169 Å². The van der Waals surface area contributed by atoms with Crippen LogP contribution in [0.2, 0.25) is 10.0 Å². The zero-order valence-corrected chi connectivity index (χ0v) is 16.8. The fraction of sp³-hybridized carbons (Fsp3) is 0.312. The van der Waals surface area contributed by atoms with Crippen molar-refractivity contribution in [3.05, 3.63) is 44.2 Å². The van der Waals surface area contributed by atoms with Crippen molar-refractivity contribution in [3.8, 4) is 11.3 Å². The van der Waals surface area contributed by atoms with Gasteiger partial charge < -0.3 is 4.74 Å². The average molecular weight is 457 g/mol. The van der Waals surface area contributed by atoms with Crippen molar-refractivity contribution < 1.29 is 26.9 Å². The van der Waals surface area contributed by atoms with E-state index in [0.29, 0.717) is 10.7 Å². The summed E-state index contributed by atoms with van der Waals surface area (Å²) in [5, 5.41) is 3.54. The van der Waals surface area contributed by atoms with E-state index < -0.39 is 39.8 Å². The van der Waals surface area contributed by atoms with Gasteiger partial charge in [0.1, 0.15) is 17.1 Å². The molecule has 0 saturated heterocycles. The van der Waals surface area contributed by atoms with Crippen LogP contribution in [0.25, 0.3) is 11.3 Å². The van der Waals surface area contributed by atoms with E-state index in [0.717, 1.165) is 13.1 Å². The molecule has 0 aliphatic heterocycles. The summed E-state index contributed by atoms with van der Waals surface area (Å²) in [5.74, 6) is -1.22. The standard InChI is InChI=1S/C16H13Cl2F3N2O4S/c1-3-27-14(25)7-28(26)12-4-8(9(17)5-10(12)18)15-11(24)6-13(16(19,20)21)23(2)22-15/h4-6H,3,7H2,1-2H3. The average Bonchev–Trinajstić information content (AvgIpc) is 2.56. The Balaban J connectivity index is 2.56. The molecule has 152 valence electrons. The minimum Gasteiger partial charge on any atom is -0.465 e. The molecule has 1 aromatic carbocycles. The number of benzene rings is 1. The zero-order chi connectivity index (χ0) is 21.2. The predicted molar refractivity (Wildman–Crippen MR) is 97.8 cm³/mol. The fourth-order valence-electron chi connectivity index (χ4n) is 2.26. The lowest BCUT2D eigenvalue weighted by atomic mass is 10.1. The number of ether oxygens (including phenoxy) is 1. The molecule has 0 bridgehead atoms. The van der Waals surface area contributed by atoms with E-state index in [1.54, 1.807) is 6.92 Å². The summed E-state index contributed by atoms with van der Waals surface area (Å²) in [6.07, 6.45) is -4.77. The summed E-state index contributed by atoms with van der Waals surface area (Å²) in [7, 11) is -0.908. The highest BCUT2D eigenvalue weighted by atomic mass is 35.5. The molecule has 0 N–H and O–H groups in total. The number of carbonyl (C=O) groups is 1. The highest BCUT2D eigenvalue weighted by molar-refractivity contribution is 7.85. The number of aromatic nitrogens is 2. The van der Waals surface area contributed by atoms with Crippen molar-refractivity contribution in [1.82, 2.24) is 9.78 Å². The second-order valence-electron chi connectivity index (χ2n) is 5.42. The van der Waals surface area contributed by atoms with Crippen molar-refractivity contribution in [1.29, 1.82) is 0 Å². The molecule has 1 heterocycles. The molecule has 0 amide bonds. The number of rotatable bonds is 5. The first kappa shape index (κ1) is 22.4. The van der Waals surface area contributed by atoms with Crippen LogP contribution in [0.3, 0.4) is 0 Å². The Morgan fingerprint density at radius 2 is 1.89 bits per heavy atom. The maximum Gasteiger partial charge on any atom is 0.433 e. The van der Waals surface area contributed by atoms with Gasteiger partial charge in [-0.05, 0) is 19.1 Å². The number of carbonyl (C=O) groups excluding carboxylic acids is 1. The Hall–Kier alpha value is -1.91. The lowest BCUT2D eigenvalue weighted by molar-refractivity contribution is -0.144. The molecule has 1 aromatic heterocycles. The summed E-state index contributed by atoms with van der Waals surface area (Å²) in [6, 6.07) is 2.73. The van der Waals surface area contributed by atoms with Gasteiger partial charge in [-0.25, -0.2) is 0 Å². The van der Waals surface area contributed by atoms with Crippen LogP contribution >= 0.6 is 23.2 Å². The van der Waals surface area contributed by atoms with Gasteiger partial charge in [0.2, 0.25) is 5.43 Å². The Kier molecular flexibility index (Phi) is 6.89. The SMILES string of the molecule is CCOC(=O)CS(=O)c1cc(-c2nn(C)c(C(F)(F)F)cc2=O)c(Cl)cc1Cl. The van der Waals surface area contributed by atoms with Crippen LogP contribution in [0.15, 0.2) is 27.9 Å². The molecule has 0 fully saturated rings. The third-order valence-corrected chi connectivity index (χ3v) is 5.53. The number of alkyl halides is 3. The Bertz CT molecular complexity index is 1010. The van der Waals surface area contributed by atoms with Crippen molar-refractivity contribution in [2.45, 2.75) is 18.0 Å². The van der Waals surface area contributed by atoms with Gasteiger partial charge in [0.15, 0.2) is 0 Å². The largest absolute Gasteiger partial charge is 0.465 e. The van der Waals surface area contributed by atoms with E-state index in [1.807, 2.05) is 0 Å². The molecule has 28 heavy (non-hydrogen) atoms. The van der Waals surface area contributed by atoms with E-state index in [-0.39, 0.29) is 32.8 Å². The number of nitrogens with zero attached hydrogens (tertiary/aromatic N) is 2. The van der Waals surface area contributed by atoms with Crippen LogP contribution in [0.5, 0.6) is 0 Å². The van der Waals surface area contributed by atoms with E-state index in [2.05, 4.69) is 5.10 Å². The van der Waals surface area contributed by atoms with Crippen LogP contribution in [-0.4, -0.2) is 32.3 Å². The minimum atomic E-state index is -4.77. The Morgan fingerprint density at radius 3 is 2.46 bits per heavy atom. The third-order valence-electron chi connectivity index (χ3n) is 3.47. The first-order valence-electron chi connectivity index (χ1n) is 7.64. The quantitative estimate of drug-likeness (QED) is 0.643. The van der Waals surface area contributed by atoms with Gasteiger partial charge in [0.05, 0.1) is 32.3 Å². The van der Waals surface area contributed by atoms with Crippen molar-refractivity contribution in [3.63, 3.8) is 0 Å². The van der Waals surface area contributed by atoms with Gasteiger partial charge in [-0.15, -0.1) is 0 Å². The molecule has 0 spiro atoms. The number of hydrogen-bond acceptors (Lipinski definition) is 5. The van der Waals surface area contributed by atoms with Crippen molar-refractivity contribution in [2.24, 2.45) is 7.05 Å². The van der Waals surface area contributed by atoms with Gasteiger partial charge in [-0.3, -0.25) is 18.5 Å². The van der Waals surface area contributed by atoms with Crippen LogP contribution in [-0.2, 0) is 33.6 Å². The summed E-state index contributed by atoms with van der Waals surface area (Å²) < 4.78 is 56.4. The molecule has 1 atom stereocenters. The minimum absolute atomic E-state index is 0.0297. The predicted octanol–water partition coefficient (Wildman–Crippen LogP) is 3.44. The van der Waals surface area contributed by atoms with Gasteiger partial charge in [0, 0.05) is 18.7 Å². The van der Waals surface area contributed by atoms with E-state index in [4.69, 9.17) is 27.9 Å². The van der Waals surface area contributed by atoms with Gasteiger partial charge in [-0.2, -0.15) is 18.3 Å². The van der Waals surface area contributed by atoms with Crippen LogP contribution in [0, 0.1) is 0 Å². The summed E-state index contributed by atoms with van der Waals surface area (Å²) in [4.78, 5) is 23.7. The van der Waals surface area contributed by atoms with Crippen LogP contribution < -0.4 is 5.43 Å². The molecule has 0 aliphatic rings. The first-order valence-corrected chi connectivity index (χ1v) is 9.72. The summed E-state index contributed by atoms with van der Waals surface area (Å²) in [6.45, 7) is 1.68. The van der Waals surface area contributed by atoms with Crippen molar-refractivity contribution >= 4 is 40.0 Å². The lowest BCUT2D eigenvalue weighted by Gasteiger charge is -2.13. The molecule has 0 aliphatic carbocycles. The van der Waals surface area contributed by atoms with E-state index in [9.17, 15) is 27.0 Å². The fourth-order valence-corrected chi connectivity index (χ4v) is 3.97. The molecule has 6 nitrogen and oxygen atoms in total. The molecular formula is C16H13Cl2F3N2O4S. The number of halogens is 5. The summed E-state index contributed by atoms with van der Waals surface area (Å²) in [5.41, 5.74) is -2.71. The Morgan fingerprint density at radius 1 is 1.25 bits per heavy atom. The third kappa shape index (κ3) is 4.92. The maximum absolute atomic E-state index is 12.9. The zero-order valence-electron chi connectivity index (χ0n) is 14.5. The maximum atomic E-state index is 12.9. The highest BCUT2D eigenvalue weighted by Gasteiger charge is 2.34. The van der Waals surface area contributed by atoms with E-state index >= 15 is 0 Å². The molecule has 1 unspecified atom stereocenters. The van der Waals surface area contributed by atoms with Crippen molar-refractivity contribution in [2.75, 3.05) is 12.4 Å². The number of aryl methyl sites for hydroxylation is 1. The van der Waals surface area contributed by atoms with E-state index in [1.165, 1.54) is 6.07 Å². The monoisotopic (exact) mass is 456 g/mol. The topological polar surface area (TPSA) is 78.3 Å². The molecule has 2 rings (SSSR count). The molecule has 0 saturated carbocycles. The molecular weight excluding hydrogens is 444 g/mol. The second kappa shape index (κ2) is 8.62. The number of esters is 1. The van der Waals surface area contributed by atoms with Gasteiger partial charge >= 0.3 is 12.1 Å². The number of hydrogen-bond donors (Lipinski definition) is 0. The molecule has 0 radical (unpaired) electrons. The second-order valence-corrected chi connectivity index (χ2v) is 7.66. The van der Waals surface area contributed by atoms with Crippen LogP contribution in [0.4, 0.5) is 13.2 Å². The first-order chi connectivity index (χ1) is 13.0. The highest BCUT2D eigenvalue weighted by Crippen LogP contribution is 2.33.